The van der Waals surface area contributed by atoms with Crippen molar-refractivity contribution in [1.82, 2.24) is 4.72 Å². The second-order valence-electron chi connectivity index (χ2n) is 7.08. The van der Waals surface area contributed by atoms with Crippen LogP contribution in [0.5, 0.6) is 11.5 Å². The molecule has 4 rings (SSSR count). The van der Waals surface area contributed by atoms with Crippen molar-refractivity contribution in [3.63, 3.8) is 0 Å². The normalized spacial score (nSPS) is 14.6. The Bertz CT molecular complexity index is 1210. The zero-order valence-corrected chi connectivity index (χ0v) is 17.8. The van der Waals surface area contributed by atoms with Crippen molar-refractivity contribution in [2.45, 2.75) is 24.0 Å². The number of ether oxygens (including phenoxy) is 3. The van der Waals surface area contributed by atoms with E-state index >= 15 is 0 Å². The van der Waals surface area contributed by atoms with Crippen LogP contribution in [-0.4, -0.2) is 21.2 Å². The standard InChI is InChI=1S/C23H20FNO6S/c1-15(19-8-5-9-20-22(19)30-14-29-20)31-23(26)21(16-6-3-2-4-7-16)25-32(27,28)18-12-10-17(24)11-13-18/h2-13,15,21,25H,14H2,1H3. The molecule has 7 nitrogen and oxygen atoms in total. The van der Waals surface area contributed by atoms with Crippen LogP contribution in [0, 0.1) is 5.82 Å². The van der Waals surface area contributed by atoms with Crippen molar-refractivity contribution < 1.29 is 31.8 Å². The minimum absolute atomic E-state index is 0.0666. The van der Waals surface area contributed by atoms with Crippen LogP contribution in [0.25, 0.3) is 0 Å². The first-order valence-electron chi connectivity index (χ1n) is 9.77. The maximum absolute atomic E-state index is 13.2. The van der Waals surface area contributed by atoms with Crippen molar-refractivity contribution >= 4 is 16.0 Å². The highest BCUT2D eigenvalue weighted by Crippen LogP contribution is 2.39. The van der Waals surface area contributed by atoms with Gasteiger partial charge in [0.2, 0.25) is 16.8 Å². The average Bonchev–Trinajstić information content (AvgIpc) is 3.27. The van der Waals surface area contributed by atoms with Crippen LogP contribution < -0.4 is 14.2 Å². The fourth-order valence-corrected chi connectivity index (χ4v) is 4.49. The molecule has 0 saturated heterocycles. The summed E-state index contributed by atoms with van der Waals surface area (Å²) in [6, 6.07) is 16.6. The third-order valence-electron chi connectivity index (χ3n) is 4.92. The summed E-state index contributed by atoms with van der Waals surface area (Å²) in [6.45, 7) is 1.73. The predicted molar refractivity (Wildman–Crippen MR) is 113 cm³/mol. The summed E-state index contributed by atoms with van der Waals surface area (Å²) in [5, 5.41) is 0. The number of nitrogens with one attached hydrogen (secondary N) is 1. The van der Waals surface area contributed by atoms with Gasteiger partial charge in [0.05, 0.1) is 4.90 Å². The third-order valence-corrected chi connectivity index (χ3v) is 6.36. The lowest BCUT2D eigenvalue weighted by Gasteiger charge is -2.22. The molecule has 0 bridgehead atoms. The Hall–Kier alpha value is -3.43. The number of carbonyl (C=O) groups excluding carboxylic acids is 1. The SMILES string of the molecule is CC(OC(=O)C(NS(=O)(=O)c1ccc(F)cc1)c1ccccc1)c1cccc2c1OCO2. The molecule has 1 N–H and O–H groups in total. The molecule has 0 aromatic heterocycles. The molecule has 0 saturated carbocycles. The fourth-order valence-electron chi connectivity index (χ4n) is 3.31. The van der Waals surface area contributed by atoms with Crippen LogP contribution in [0.1, 0.15) is 30.2 Å². The zero-order valence-electron chi connectivity index (χ0n) is 17.0. The molecule has 166 valence electrons. The first kappa shape index (κ1) is 21.8. The monoisotopic (exact) mass is 457 g/mol. The van der Waals surface area contributed by atoms with Crippen molar-refractivity contribution in [1.29, 1.82) is 0 Å². The van der Waals surface area contributed by atoms with E-state index < -0.39 is 34.0 Å². The van der Waals surface area contributed by atoms with Gasteiger partial charge >= 0.3 is 5.97 Å². The molecule has 1 aliphatic rings. The van der Waals surface area contributed by atoms with Crippen LogP contribution >= 0.6 is 0 Å². The van der Waals surface area contributed by atoms with Crippen LogP contribution in [0.15, 0.2) is 77.7 Å². The van der Waals surface area contributed by atoms with Crippen LogP contribution in [0.4, 0.5) is 4.39 Å². The molecule has 3 aromatic carbocycles. The van der Waals surface area contributed by atoms with E-state index in [0.29, 0.717) is 22.6 Å². The fraction of sp³-hybridized carbons (Fsp3) is 0.174. The Labute approximate surface area is 184 Å². The van der Waals surface area contributed by atoms with Gasteiger partial charge in [-0.15, -0.1) is 0 Å². The summed E-state index contributed by atoms with van der Waals surface area (Å²) >= 11 is 0. The molecule has 1 heterocycles. The van der Waals surface area contributed by atoms with Gasteiger partial charge in [0.25, 0.3) is 0 Å². The Morgan fingerprint density at radius 1 is 1.00 bits per heavy atom. The van der Waals surface area contributed by atoms with Crippen molar-refractivity contribution in [2.75, 3.05) is 6.79 Å². The molecular formula is C23H20FNO6S. The van der Waals surface area contributed by atoms with Gasteiger partial charge < -0.3 is 14.2 Å². The molecule has 9 heteroatoms. The summed E-state index contributed by atoms with van der Waals surface area (Å²) in [5.41, 5.74) is 0.995. The van der Waals surface area contributed by atoms with Crippen LogP contribution in [0.2, 0.25) is 0 Å². The molecule has 0 radical (unpaired) electrons. The Balaban J connectivity index is 1.60. The van der Waals surface area contributed by atoms with E-state index in [1.807, 2.05) is 0 Å². The van der Waals surface area contributed by atoms with Crippen LogP contribution in [-0.2, 0) is 19.6 Å². The van der Waals surface area contributed by atoms with Gasteiger partial charge in [-0.05, 0) is 42.8 Å². The van der Waals surface area contributed by atoms with E-state index in [-0.39, 0.29) is 11.7 Å². The number of sulfonamides is 1. The van der Waals surface area contributed by atoms with Gasteiger partial charge in [-0.25, -0.2) is 17.6 Å². The Morgan fingerprint density at radius 2 is 1.72 bits per heavy atom. The van der Waals surface area contributed by atoms with E-state index in [9.17, 15) is 17.6 Å². The number of fused-ring (bicyclic) bond motifs is 1. The van der Waals surface area contributed by atoms with E-state index in [1.165, 1.54) is 0 Å². The lowest BCUT2D eigenvalue weighted by Crippen LogP contribution is -2.35. The largest absolute Gasteiger partial charge is 0.456 e. The summed E-state index contributed by atoms with van der Waals surface area (Å²) in [5.74, 6) is -0.345. The number of para-hydroxylation sites is 1. The highest BCUT2D eigenvalue weighted by Gasteiger charge is 2.31. The van der Waals surface area contributed by atoms with E-state index in [4.69, 9.17) is 14.2 Å². The lowest BCUT2D eigenvalue weighted by atomic mass is 10.1. The van der Waals surface area contributed by atoms with Gasteiger partial charge in [0.15, 0.2) is 11.5 Å². The zero-order chi connectivity index (χ0) is 22.7. The number of hydrogen-bond donors (Lipinski definition) is 1. The summed E-state index contributed by atoms with van der Waals surface area (Å²) in [7, 11) is -4.14. The Kier molecular flexibility index (Phi) is 6.11. The minimum Gasteiger partial charge on any atom is -0.456 e. The molecule has 0 fully saturated rings. The lowest BCUT2D eigenvalue weighted by molar-refractivity contribution is -0.150. The first-order valence-corrected chi connectivity index (χ1v) is 11.3. The molecule has 0 aliphatic carbocycles. The van der Waals surface area contributed by atoms with E-state index in [0.717, 1.165) is 24.3 Å². The quantitative estimate of drug-likeness (QED) is 0.542. The summed E-state index contributed by atoms with van der Waals surface area (Å²) in [6.07, 6.45) is -0.735. The smallest absolute Gasteiger partial charge is 0.329 e. The number of benzene rings is 3. The van der Waals surface area contributed by atoms with Gasteiger partial charge in [0, 0.05) is 5.56 Å². The molecule has 1 aliphatic heterocycles. The second kappa shape index (κ2) is 8.97. The maximum atomic E-state index is 13.2. The molecule has 3 aromatic rings. The average molecular weight is 457 g/mol. The topological polar surface area (TPSA) is 90.9 Å². The molecule has 32 heavy (non-hydrogen) atoms. The van der Waals surface area contributed by atoms with Gasteiger partial charge in [-0.1, -0.05) is 42.5 Å². The summed E-state index contributed by atoms with van der Waals surface area (Å²) < 4.78 is 57.8. The minimum atomic E-state index is -4.14. The number of hydrogen-bond acceptors (Lipinski definition) is 6. The molecule has 2 atom stereocenters. The first-order chi connectivity index (χ1) is 15.3. The second-order valence-corrected chi connectivity index (χ2v) is 8.79. The number of rotatable bonds is 7. The van der Waals surface area contributed by atoms with Gasteiger partial charge in [-0.2, -0.15) is 4.72 Å². The highest BCUT2D eigenvalue weighted by atomic mass is 32.2. The van der Waals surface area contributed by atoms with Gasteiger partial charge in [0.1, 0.15) is 18.0 Å². The van der Waals surface area contributed by atoms with Crippen LogP contribution in [0.3, 0.4) is 0 Å². The number of esters is 1. The Morgan fingerprint density at radius 3 is 2.44 bits per heavy atom. The van der Waals surface area contributed by atoms with Crippen molar-refractivity contribution in [3.05, 3.63) is 89.7 Å². The van der Waals surface area contributed by atoms with Gasteiger partial charge in [-0.3, -0.25) is 0 Å². The molecular weight excluding hydrogens is 437 g/mol. The molecule has 0 spiro atoms. The number of carbonyl (C=O) groups is 1. The predicted octanol–water partition coefficient (Wildman–Crippen LogP) is 3.88. The van der Waals surface area contributed by atoms with E-state index in [2.05, 4.69) is 4.72 Å². The highest BCUT2D eigenvalue weighted by molar-refractivity contribution is 7.89. The summed E-state index contributed by atoms with van der Waals surface area (Å²) in [4.78, 5) is 12.9. The number of halogens is 1. The molecule has 2 unspecified atom stereocenters. The molecule has 0 amide bonds. The maximum Gasteiger partial charge on any atom is 0.329 e. The van der Waals surface area contributed by atoms with E-state index in [1.54, 1.807) is 55.5 Å². The van der Waals surface area contributed by atoms with Crippen molar-refractivity contribution in [2.24, 2.45) is 0 Å². The third kappa shape index (κ3) is 4.58. The van der Waals surface area contributed by atoms with Crippen molar-refractivity contribution in [3.8, 4) is 11.5 Å².